The van der Waals surface area contributed by atoms with Crippen LogP contribution in [0.1, 0.15) is 0 Å². The average molecular weight is 385 g/mol. The van der Waals surface area contributed by atoms with Crippen molar-refractivity contribution >= 4 is 26.7 Å². The van der Waals surface area contributed by atoms with Gasteiger partial charge in [-0.05, 0) is 48.5 Å². The van der Waals surface area contributed by atoms with E-state index in [0.717, 1.165) is 28.9 Å². The van der Waals surface area contributed by atoms with Gasteiger partial charge in [-0.1, -0.05) is 12.1 Å². The topological polar surface area (TPSA) is 64.0 Å². The highest BCUT2D eigenvalue weighted by atomic mass is 32.2. The highest BCUT2D eigenvalue weighted by Crippen LogP contribution is 2.22. The molecule has 0 fully saturated rings. The van der Waals surface area contributed by atoms with Crippen LogP contribution in [0.4, 0.5) is 14.5 Å². The summed E-state index contributed by atoms with van der Waals surface area (Å²) in [5.74, 6) is -1.99. The van der Waals surface area contributed by atoms with Gasteiger partial charge in [-0.15, -0.1) is 0 Å². The summed E-state index contributed by atoms with van der Waals surface area (Å²) in [6, 6.07) is 16.5. The van der Waals surface area contributed by atoms with E-state index < -0.39 is 26.6 Å². The van der Waals surface area contributed by atoms with Crippen LogP contribution in [0, 0.1) is 11.6 Å². The summed E-state index contributed by atoms with van der Waals surface area (Å²) >= 11 is 0. The number of rotatable bonds is 4. The van der Waals surface area contributed by atoms with Gasteiger partial charge in [0.05, 0.1) is 11.0 Å². The van der Waals surface area contributed by atoms with Crippen molar-refractivity contribution in [3.05, 3.63) is 84.7 Å². The Balaban J connectivity index is 1.63. The first-order chi connectivity index (χ1) is 12.9. The second kappa shape index (κ2) is 6.48. The van der Waals surface area contributed by atoms with Crippen LogP contribution in [0.3, 0.4) is 0 Å². The lowest BCUT2D eigenvalue weighted by atomic mass is 10.2. The molecule has 0 unspecified atom stereocenters. The molecule has 1 N–H and O–H groups in total. The van der Waals surface area contributed by atoms with Crippen molar-refractivity contribution in [2.24, 2.45) is 0 Å². The number of para-hydroxylation sites is 2. The van der Waals surface area contributed by atoms with E-state index in [-0.39, 0.29) is 5.69 Å². The first kappa shape index (κ1) is 17.2. The normalized spacial score (nSPS) is 11.6. The molecule has 27 heavy (non-hydrogen) atoms. The van der Waals surface area contributed by atoms with Gasteiger partial charge >= 0.3 is 0 Å². The minimum Gasteiger partial charge on any atom is -0.299 e. The van der Waals surface area contributed by atoms with E-state index in [0.29, 0.717) is 6.07 Å². The molecule has 136 valence electrons. The van der Waals surface area contributed by atoms with E-state index in [1.54, 1.807) is 30.6 Å². The molecule has 0 aliphatic heterocycles. The van der Waals surface area contributed by atoms with Crippen LogP contribution in [-0.4, -0.2) is 18.0 Å². The quantitative estimate of drug-likeness (QED) is 0.575. The third kappa shape index (κ3) is 3.26. The zero-order valence-electron chi connectivity index (χ0n) is 13.8. The van der Waals surface area contributed by atoms with Crippen molar-refractivity contribution < 1.29 is 17.2 Å². The van der Waals surface area contributed by atoms with Gasteiger partial charge in [-0.25, -0.2) is 22.2 Å². The molecule has 0 saturated heterocycles. The van der Waals surface area contributed by atoms with E-state index in [1.807, 2.05) is 28.8 Å². The largest absolute Gasteiger partial charge is 0.299 e. The zero-order chi connectivity index (χ0) is 19.0. The lowest BCUT2D eigenvalue weighted by Crippen LogP contribution is -2.14. The van der Waals surface area contributed by atoms with Gasteiger partial charge in [0.25, 0.3) is 10.0 Å². The van der Waals surface area contributed by atoms with Gasteiger partial charge in [0.2, 0.25) is 0 Å². The van der Waals surface area contributed by atoms with Gasteiger partial charge in [0, 0.05) is 17.4 Å². The average Bonchev–Trinajstić information content (AvgIpc) is 3.06. The molecule has 0 radical (unpaired) electrons. The number of benzene rings is 3. The molecule has 0 atom stereocenters. The molecular formula is C19H13F2N3O2S. The predicted molar refractivity (Wildman–Crippen MR) is 98.2 cm³/mol. The maximum Gasteiger partial charge on any atom is 0.264 e. The molecule has 0 saturated carbocycles. The maximum absolute atomic E-state index is 13.8. The number of aromatic nitrogens is 2. The number of nitrogens with one attached hydrogen (secondary N) is 1. The van der Waals surface area contributed by atoms with Crippen LogP contribution in [0.15, 0.2) is 78.0 Å². The number of anilines is 1. The molecule has 4 rings (SSSR count). The summed E-state index contributed by atoms with van der Waals surface area (Å²) in [5, 5.41) is 0. The minimum atomic E-state index is -4.17. The molecule has 4 aromatic rings. The molecule has 1 heterocycles. The van der Waals surface area contributed by atoms with Crippen molar-refractivity contribution in [3.63, 3.8) is 0 Å². The van der Waals surface area contributed by atoms with Crippen molar-refractivity contribution in [3.8, 4) is 5.69 Å². The van der Waals surface area contributed by atoms with Crippen molar-refractivity contribution in [2.75, 3.05) is 4.72 Å². The minimum absolute atomic E-state index is 0.256. The Labute approximate surface area is 154 Å². The number of fused-ring (bicyclic) bond motifs is 1. The van der Waals surface area contributed by atoms with Gasteiger partial charge in [0.15, 0.2) is 0 Å². The smallest absolute Gasteiger partial charge is 0.264 e. The second-order valence-electron chi connectivity index (χ2n) is 5.83. The molecule has 0 bridgehead atoms. The van der Waals surface area contributed by atoms with E-state index >= 15 is 0 Å². The first-order valence-electron chi connectivity index (χ1n) is 7.94. The fourth-order valence-electron chi connectivity index (χ4n) is 2.76. The predicted octanol–water partition coefficient (Wildman–Crippen LogP) is 4.10. The highest BCUT2D eigenvalue weighted by Gasteiger charge is 2.19. The van der Waals surface area contributed by atoms with Gasteiger partial charge in [-0.3, -0.25) is 9.29 Å². The number of hydrogen-bond acceptors (Lipinski definition) is 3. The van der Waals surface area contributed by atoms with Crippen molar-refractivity contribution in [1.29, 1.82) is 0 Å². The molecular weight excluding hydrogens is 372 g/mol. The Morgan fingerprint density at radius 2 is 1.67 bits per heavy atom. The Bertz CT molecular complexity index is 1240. The standard InChI is InChI=1S/C19H13F2N3O2S/c20-13-5-10-19(16(21)11-13)27(25,26)23-14-6-8-15(9-7-14)24-12-22-17-3-1-2-4-18(17)24/h1-12,23H. The summed E-state index contributed by atoms with van der Waals surface area (Å²) < 4.78 is 55.6. The Hall–Kier alpha value is -3.26. The van der Waals surface area contributed by atoms with Crippen LogP contribution in [0.5, 0.6) is 0 Å². The number of halogens is 2. The monoisotopic (exact) mass is 385 g/mol. The molecule has 8 heteroatoms. The molecule has 0 amide bonds. The molecule has 5 nitrogen and oxygen atoms in total. The van der Waals surface area contributed by atoms with E-state index in [9.17, 15) is 17.2 Å². The summed E-state index contributed by atoms with van der Waals surface area (Å²) in [4.78, 5) is 3.70. The fraction of sp³-hybridized carbons (Fsp3) is 0. The summed E-state index contributed by atoms with van der Waals surface area (Å²) in [5.41, 5.74) is 2.81. The Kier molecular flexibility index (Phi) is 4.12. The van der Waals surface area contributed by atoms with Gasteiger partial charge < -0.3 is 0 Å². The number of imidazole rings is 1. The lowest BCUT2D eigenvalue weighted by molar-refractivity contribution is 0.551. The summed E-state index contributed by atoms with van der Waals surface area (Å²) in [6.07, 6.45) is 1.68. The van der Waals surface area contributed by atoms with Crippen molar-refractivity contribution in [2.45, 2.75) is 4.90 Å². The third-order valence-corrected chi connectivity index (χ3v) is 5.45. The van der Waals surface area contributed by atoms with E-state index in [2.05, 4.69) is 9.71 Å². The third-order valence-electron chi connectivity index (χ3n) is 4.03. The van der Waals surface area contributed by atoms with Crippen LogP contribution in [-0.2, 0) is 10.0 Å². The molecule has 0 spiro atoms. The molecule has 3 aromatic carbocycles. The number of hydrogen-bond donors (Lipinski definition) is 1. The number of nitrogens with zero attached hydrogens (tertiary/aromatic N) is 2. The van der Waals surface area contributed by atoms with Crippen LogP contribution in [0.25, 0.3) is 16.7 Å². The molecule has 1 aromatic heterocycles. The van der Waals surface area contributed by atoms with Crippen LogP contribution < -0.4 is 4.72 Å². The molecule has 0 aliphatic rings. The second-order valence-corrected chi connectivity index (χ2v) is 7.48. The van der Waals surface area contributed by atoms with Crippen LogP contribution in [0.2, 0.25) is 0 Å². The highest BCUT2D eigenvalue weighted by molar-refractivity contribution is 7.92. The Morgan fingerprint density at radius 3 is 2.41 bits per heavy atom. The van der Waals surface area contributed by atoms with Gasteiger partial charge in [-0.2, -0.15) is 0 Å². The van der Waals surface area contributed by atoms with Gasteiger partial charge in [0.1, 0.15) is 22.9 Å². The van der Waals surface area contributed by atoms with Crippen molar-refractivity contribution in [1.82, 2.24) is 9.55 Å². The summed E-state index contributed by atoms with van der Waals surface area (Å²) in [6.45, 7) is 0. The summed E-state index contributed by atoms with van der Waals surface area (Å²) in [7, 11) is -4.17. The number of sulfonamides is 1. The van der Waals surface area contributed by atoms with Crippen LogP contribution >= 0.6 is 0 Å². The SMILES string of the molecule is O=S(=O)(Nc1ccc(-n2cnc3ccccc32)cc1)c1ccc(F)cc1F. The fourth-order valence-corrected chi connectivity index (χ4v) is 3.88. The first-order valence-corrected chi connectivity index (χ1v) is 9.43. The lowest BCUT2D eigenvalue weighted by Gasteiger charge is -2.10. The maximum atomic E-state index is 13.8. The molecule has 0 aliphatic carbocycles. The Morgan fingerprint density at radius 1 is 0.926 bits per heavy atom. The van der Waals surface area contributed by atoms with E-state index in [1.165, 1.54) is 0 Å². The zero-order valence-corrected chi connectivity index (χ0v) is 14.6. The van der Waals surface area contributed by atoms with E-state index in [4.69, 9.17) is 0 Å².